The van der Waals surface area contributed by atoms with Crippen LogP contribution in [0.5, 0.6) is 0 Å². The Morgan fingerprint density at radius 3 is 2.52 bits per heavy atom. The fourth-order valence-electron chi connectivity index (χ4n) is 2.78. The Balaban J connectivity index is 0.00000220. The minimum Gasteiger partial charge on any atom is -0.349 e. The molecule has 0 bridgehead atoms. The van der Waals surface area contributed by atoms with Crippen LogP contribution >= 0.6 is 24.0 Å². The van der Waals surface area contributed by atoms with Gasteiger partial charge in [0.05, 0.1) is 5.02 Å². The molecule has 0 atom stereocenters. The molecule has 0 aliphatic heterocycles. The van der Waals surface area contributed by atoms with Gasteiger partial charge in [0.25, 0.3) is 5.91 Å². The highest BCUT2D eigenvalue weighted by Gasteiger charge is 2.12. The molecule has 0 aromatic carbocycles. The van der Waals surface area contributed by atoms with E-state index >= 15 is 0 Å². The Morgan fingerprint density at radius 1 is 1.29 bits per heavy atom. The molecule has 2 rings (SSSR count). The Labute approximate surface area is 138 Å². The normalized spacial score (nSPS) is 16.1. The van der Waals surface area contributed by atoms with Gasteiger partial charge in [0, 0.05) is 32.4 Å². The van der Waals surface area contributed by atoms with Crippen LogP contribution in [0.2, 0.25) is 5.02 Å². The van der Waals surface area contributed by atoms with Crippen LogP contribution in [0.25, 0.3) is 0 Å². The standard InChI is InChI=1S/C15H24ClN3O.ClH/c1-19-11-12(16)10-14(19)15(20)18-9-8-17-13-6-4-2-3-5-7-13;/h10-11,13,17H,2-9H2,1H3,(H,18,20);1H. The van der Waals surface area contributed by atoms with E-state index in [2.05, 4.69) is 10.6 Å². The molecular formula is C15H25Cl2N3O. The van der Waals surface area contributed by atoms with Gasteiger partial charge < -0.3 is 15.2 Å². The summed E-state index contributed by atoms with van der Waals surface area (Å²) in [6.07, 6.45) is 9.65. The fourth-order valence-corrected chi connectivity index (χ4v) is 3.03. The highest BCUT2D eigenvalue weighted by Crippen LogP contribution is 2.16. The Kier molecular flexibility index (Phi) is 8.15. The average Bonchev–Trinajstić information content (AvgIpc) is 2.64. The van der Waals surface area contributed by atoms with Crippen molar-refractivity contribution in [2.75, 3.05) is 13.1 Å². The van der Waals surface area contributed by atoms with Crippen molar-refractivity contribution in [2.24, 2.45) is 7.05 Å². The van der Waals surface area contributed by atoms with Crippen molar-refractivity contribution in [1.82, 2.24) is 15.2 Å². The summed E-state index contributed by atoms with van der Waals surface area (Å²) in [5.41, 5.74) is 0.601. The first-order valence-electron chi connectivity index (χ1n) is 7.50. The maximum absolute atomic E-state index is 12.0. The molecule has 1 aromatic rings. The van der Waals surface area contributed by atoms with Crippen molar-refractivity contribution in [3.63, 3.8) is 0 Å². The van der Waals surface area contributed by atoms with Crippen LogP contribution in [0.15, 0.2) is 12.3 Å². The van der Waals surface area contributed by atoms with Gasteiger partial charge in [0.2, 0.25) is 0 Å². The van der Waals surface area contributed by atoms with Crippen molar-refractivity contribution < 1.29 is 4.79 Å². The third kappa shape index (κ3) is 5.89. The maximum atomic E-state index is 12.0. The molecule has 1 amide bonds. The number of hydrogen-bond acceptors (Lipinski definition) is 2. The molecule has 1 fully saturated rings. The van der Waals surface area contributed by atoms with Crippen LogP contribution in [-0.4, -0.2) is 29.6 Å². The molecule has 21 heavy (non-hydrogen) atoms. The molecule has 4 nitrogen and oxygen atoms in total. The molecule has 0 unspecified atom stereocenters. The van der Waals surface area contributed by atoms with Crippen LogP contribution < -0.4 is 10.6 Å². The number of hydrogen-bond donors (Lipinski definition) is 2. The third-order valence-corrected chi connectivity index (χ3v) is 4.11. The zero-order chi connectivity index (χ0) is 14.4. The molecule has 1 aliphatic carbocycles. The SMILES string of the molecule is Cl.Cn1cc(Cl)cc1C(=O)NCCNC1CCCCCC1. The summed E-state index contributed by atoms with van der Waals surface area (Å²) < 4.78 is 1.75. The lowest BCUT2D eigenvalue weighted by molar-refractivity contribution is 0.0945. The van der Waals surface area contributed by atoms with Crippen molar-refractivity contribution in [3.05, 3.63) is 23.0 Å². The van der Waals surface area contributed by atoms with Crippen LogP contribution in [0, 0.1) is 0 Å². The number of carbonyl (C=O) groups is 1. The quantitative estimate of drug-likeness (QED) is 0.642. The van der Waals surface area contributed by atoms with E-state index in [1.807, 2.05) is 7.05 Å². The highest BCUT2D eigenvalue weighted by atomic mass is 35.5. The van der Waals surface area contributed by atoms with Crippen LogP contribution in [0.1, 0.15) is 49.0 Å². The second kappa shape index (κ2) is 9.34. The van der Waals surface area contributed by atoms with Gasteiger partial charge in [-0.05, 0) is 18.9 Å². The van der Waals surface area contributed by atoms with Crippen LogP contribution in [-0.2, 0) is 7.05 Å². The number of aryl methyl sites for hydroxylation is 1. The molecule has 0 saturated heterocycles. The molecule has 1 aliphatic rings. The molecule has 2 N–H and O–H groups in total. The summed E-state index contributed by atoms with van der Waals surface area (Å²) in [5, 5.41) is 7.06. The molecule has 1 heterocycles. The van der Waals surface area contributed by atoms with Gasteiger partial charge >= 0.3 is 0 Å². The van der Waals surface area contributed by atoms with E-state index in [1.165, 1.54) is 38.5 Å². The summed E-state index contributed by atoms with van der Waals surface area (Å²) in [5.74, 6) is -0.0675. The van der Waals surface area contributed by atoms with E-state index in [0.29, 0.717) is 23.3 Å². The lowest BCUT2D eigenvalue weighted by Gasteiger charge is -2.16. The van der Waals surface area contributed by atoms with E-state index < -0.39 is 0 Å². The highest BCUT2D eigenvalue weighted by molar-refractivity contribution is 6.31. The minimum absolute atomic E-state index is 0. The first kappa shape index (κ1) is 18.3. The van der Waals surface area contributed by atoms with Gasteiger partial charge in [0.1, 0.15) is 5.69 Å². The molecule has 6 heteroatoms. The number of nitrogens with zero attached hydrogens (tertiary/aromatic N) is 1. The molecule has 120 valence electrons. The number of halogens is 2. The van der Waals surface area contributed by atoms with Gasteiger partial charge in [-0.25, -0.2) is 0 Å². The average molecular weight is 334 g/mol. The molecular weight excluding hydrogens is 309 g/mol. The largest absolute Gasteiger partial charge is 0.349 e. The maximum Gasteiger partial charge on any atom is 0.267 e. The molecule has 0 spiro atoms. The van der Waals surface area contributed by atoms with Crippen molar-refractivity contribution >= 4 is 29.9 Å². The second-order valence-electron chi connectivity index (χ2n) is 5.55. The first-order valence-corrected chi connectivity index (χ1v) is 7.88. The van der Waals surface area contributed by atoms with E-state index in [0.717, 1.165) is 6.54 Å². The summed E-state index contributed by atoms with van der Waals surface area (Å²) in [7, 11) is 1.82. The predicted octanol–water partition coefficient (Wildman–Crippen LogP) is 3.14. The summed E-state index contributed by atoms with van der Waals surface area (Å²) in [6, 6.07) is 2.31. The number of amides is 1. The zero-order valence-corrected chi connectivity index (χ0v) is 14.1. The smallest absolute Gasteiger partial charge is 0.267 e. The topological polar surface area (TPSA) is 46.1 Å². The van der Waals surface area contributed by atoms with Gasteiger partial charge in [0.15, 0.2) is 0 Å². The van der Waals surface area contributed by atoms with E-state index in [9.17, 15) is 4.79 Å². The van der Waals surface area contributed by atoms with Crippen molar-refractivity contribution in [2.45, 2.75) is 44.6 Å². The lowest BCUT2D eigenvalue weighted by atomic mass is 10.1. The second-order valence-corrected chi connectivity index (χ2v) is 5.99. The first-order chi connectivity index (χ1) is 9.66. The number of carbonyl (C=O) groups excluding carboxylic acids is 1. The minimum atomic E-state index is -0.0675. The van der Waals surface area contributed by atoms with Gasteiger partial charge in [-0.15, -0.1) is 12.4 Å². The molecule has 1 saturated carbocycles. The van der Waals surface area contributed by atoms with Crippen LogP contribution in [0.4, 0.5) is 0 Å². The number of nitrogens with one attached hydrogen (secondary N) is 2. The van der Waals surface area contributed by atoms with Gasteiger partial charge in [-0.3, -0.25) is 4.79 Å². The van der Waals surface area contributed by atoms with Crippen LogP contribution in [0.3, 0.4) is 0 Å². The van der Waals surface area contributed by atoms with Crippen molar-refractivity contribution in [3.8, 4) is 0 Å². The van der Waals surface area contributed by atoms with Gasteiger partial charge in [-0.2, -0.15) is 0 Å². The van der Waals surface area contributed by atoms with Crippen molar-refractivity contribution in [1.29, 1.82) is 0 Å². The monoisotopic (exact) mass is 333 g/mol. The molecule has 1 aromatic heterocycles. The van der Waals surface area contributed by atoms with E-state index in [-0.39, 0.29) is 18.3 Å². The summed E-state index contributed by atoms with van der Waals surface area (Å²) in [4.78, 5) is 12.0. The predicted molar refractivity (Wildman–Crippen MR) is 89.5 cm³/mol. The van der Waals surface area contributed by atoms with Gasteiger partial charge in [-0.1, -0.05) is 37.3 Å². The Morgan fingerprint density at radius 2 is 1.95 bits per heavy atom. The fraction of sp³-hybridized carbons (Fsp3) is 0.667. The zero-order valence-electron chi connectivity index (χ0n) is 12.5. The molecule has 0 radical (unpaired) electrons. The Bertz CT molecular complexity index is 440. The van der Waals surface area contributed by atoms with E-state index in [1.54, 1.807) is 16.8 Å². The third-order valence-electron chi connectivity index (χ3n) is 3.90. The van der Waals surface area contributed by atoms with E-state index in [4.69, 9.17) is 11.6 Å². The summed E-state index contributed by atoms with van der Waals surface area (Å²) in [6.45, 7) is 1.48. The number of aromatic nitrogens is 1. The summed E-state index contributed by atoms with van der Waals surface area (Å²) >= 11 is 5.87. The Hall–Kier alpha value is -0.710. The number of rotatable bonds is 5. The lowest BCUT2D eigenvalue weighted by Crippen LogP contribution is -2.37.